The molecule has 0 atom stereocenters. The van der Waals surface area contributed by atoms with Gasteiger partial charge in [-0.15, -0.1) is 0 Å². The molecule has 0 spiro atoms. The largest absolute Gasteiger partial charge is 0.428 e. The molecule has 2 N–H and O–H groups in total. The summed E-state index contributed by atoms with van der Waals surface area (Å²) in [5, 5.41) is -15.0. The fraction of sp³-hybridized carbons (Fsp3) is 0.143. The van der Waals surface area contributed by atoms with E-state index in [0.29, 0.717) is 44.3 Å². The Labute approximate surface area is 307 Å². The zero-order chi connectivity index (χ0) is 39.3. The molecule has 0 saturated heterocycles. The summed E-state index contributed by atoms with van der Waals surface area (Å²) in [5.74, 6) is -15.9. The monoisotopic (exact) mass is 948 g/mol. The Morgan fingerprint density at radius 2 is 0.596 bits per heavy atom. The van der Waals surface area contributed by atoms with Gasteiger partial charge in [-0.05, 0) is 70.8 Å². The average Bonchev–Trinajstić information content (AvgIpc) is 3.04. The third kappa shape index (κ3) is 7.65. The van der Waals surface area contributed by atoms with Crippen molar-refractivity contribution in [1.29, 1.82) is 0 Å². The van der Waals surface area contributed by atoms with Crippen molar-refractivity contribution in [1.82, 2.24) is 8.25 Å². The van der Waals surface area contributed by atoms with Gasteiger partial charge >= 0.3 is 22.4 Å². The maximum atomic E-state index is 14.7. The lowest BCUT2D eigenvalue weighted by Gasteiger charge is -2.35. The number of alkyl halides is 8. The second-order valence-electron chi connectivity index (χ2n) is 10.4. The zero-order valence-electron chi connectivity index (χ0n) is 24.9. The maximum Gasteiger partial charge on any atom is 0.428 e. The predicted molar refractivity (Wildman–Crippen MR) is 177 cm³/mol. The summed E-state index contributed by atoms with van der Waals surface area (Å²) in [6, 6.07) is 18.8. The highest BCUT2D eigenvalue weighted by Gasteiger charge is 2.87. The zero-order valence-corrected chi connectivity index (χ0v) is 31.4. The third-order valence-electron chi connectivity index (χ3n) is 6.92. The van der Waals surface area contributed by atoms with E-state index < -0.39 is 72.2 Å². The van der Waals surface area contributed by atoms with E-state index in [0.717, 1.165) is 24.3 Å². The highest BCUT2D eigenvalue weighted by Crippen LogP contribution is 2.55. The van der Waals surface area contributed by atoms with Gasteiger partial charge in [0.05, 0.1) is 9.79 Å². The normalized spacial score (nSPS) is 14.0. The molecule has 0 bridgehead atoms. The summed E-state index contributed by atoms with van der Waals surface area (Å²) in [6.07, 6.45) is 0. The van der Waals surface area contributed by atoms with E-state index >= 15 is 0 Å². The van der Waals surface area contributed by atoms with E-state index in [2.05, 4.69) is 31.9 Å². The van der Waals surface area contributed by atoms with Gasteiger partial charge < -0.3 is 0 Å². The number of halogens is 10. The first-order valence-corrected chi connectivity index (χ1v) is 20.9. The number of benzene rings is 4. The third-order valence-corrected chi connectivity index (χ3v) is 15.1. The molecule has 0 heterocycles. The number of rotatable bonds is 13. The molecule has 0 aliphatic heterocycles. The minimum atomic E-state index is -7.94. The van der Waals surface area contributed by atoms with Gasteiger partial charge in [-0.2, -0.15) is 35.1 Å². The van der Waals surface area contributed by atoms with Gasteiger partial charge in [-0.3, -0.25) is 0 Å². The van der Waals surface area contributed by atoms with Gasteiger partial charge in [-0.25, -0.2) is 33.7 Å². The summed E-state index contributed by atoms with van der Waals surface area (Å²) in [5.41, 5.74) is 1.44. The van der Waals surface area contributed by atoms with E-state index in [9.17, 15) is 68.8 Å². The number of nitrogens with one attached hydrogen (secondary N) is 2. The van der Waals surface area contributed by atoms with Crippen LogP contribution in [-0.4, -0.2) is 56.0 Å². The Hall–Kier alpha value is -3.00. The Balaban J connectivity index is 1.60. The van der Waals surface area contributed by atoms with Crippen LogP contribution in [0.1, 0.15) is 0 Å². The van der Waals surface area contributed by atoms with Crippen molar-refractivity contribution >= 4 is 72.0 Å². The van der Waals surface area contributed by atoms with Gasteiger partial charge in [0, 0.05) is 8.95 Å². The first-order chi connectivity index (χ1) is 23.6. The molecular formula is C28H18Br2F8N2O8S4. The molecule has 0 fully saturated rings. The SMILES string of the molecule is O=S(=O)(NS(=O)(=O)C(F)(F)C(F)(F)C(F)(F)C(F)(F)S(=O)(=O)NS(=O)(=O)c1ccc(-c2ccc(Br)cc2)cc1)c1ccc(-c2ccc(Br)cc2)cc1. The van der Waals surface area contributed by atoms with E-state index in [1.807, 2.05) is 0 Å². The predicted octanol–water partition coefficient (Wildman–Crippen LogP) is 6.92. The molecular weight excluding hydrogens is 932 g/mol. The topological polar surface area (TPSA) is 161 Å². The molecule has 0 saturated carbocycles. The van der Waals surface area contributed by atoms with Crippen molar-refractivity contribution in [2.75, 3.05) is 0 Å². The van der Waals surface area contributed by atoms with Crippen LogP contribution >= 0.6 is 31.9 Å². The van der Waals surface area contributed by atoms with Gasteiger partial charge in [-0.1, -0.05) is 88.6 Å². The quantitative estimate of drug-likeness (QED) is 0.137. The molecule has 282 valence electrons. The van der Waals surface area contributed by atoms with Crippen LogP contribution in [0.3, 0.4) is 0 Å². The van der Waals surface area contributed by atoms with E-state index in [-0.39, 0.29) is 19.4 Å². The lowest BCUT2D eigenvalue weighted by atomic mass is 10.1. The average molecular weight is 951 g/mol. The highest BCUT2D eigenvalue weighted by atomic mass is 79.9. The molecule has 0 aliphatic rings. The van der Waals surface area contributed by atoms with Crippen molar-refractivity contribution in [3.05, 3.63) is 106 Å². The van der Waals surface area contributed by atoms with Crippen LogP contribution in [0, 0.1) is 0 Å². The lowest BCUT2D eigenvalue weighted by molar-refractivity contribution is -0.325. The maximum absolute atomic E-state index is 14.7. The van der Waals surface area contributed by atoms with Crippen LogP contribution < -0.4 is 8.25 Å². The van der Waals surface area contributed by atoms with Crippen molar-refractivity contribution in [3.8, 4) is 22.3 Å². The molecule has 0 radical (unpaired) electrons. The van der Waals surface area contributed by atoms with Gasteiger partial charge in [0.2, 0.25) is 0 Å². The summed E-state index contributed by atoms with van der Waals surface area (Å²) in [4.78, 5) is -2.40. The smallest absolute Gasteiger partial charge is 0.206 e. The summed E-state index contributed by atoms with van der Waals surface area (Å²) in [7, 11) is -27.0. The number of hydrogen-bond acceptors (Lipinski definition) is 8. The molecule has 52 heavy (non-hydrogen) atoms. The van der Waals surface area contributed by atoms with Crippen molar-refractivity contribution in [3.63, 3.8) is 0 Å². The van der Waals surface area contributed by atoms with Crippen LogP contribution in [0.5, 0.6) is 0 Å². The minimum Gasteiger partial charge on any atom is -0.206 e. The van der Waals surface area contributed by atoms with Crippen molar-refractivity contribution in [2.45, 2.75) is 32.1 Å². The second kappa shape index (κ2) is 14.0. The summed E-state index contributed by atoms with van der Waals surface area (Å²) in [6.45, 7) is 0. The van der Waals surface area contributed by atoms with Crippen molar-refractivity contribution < 1.29 is 68.8 Å². The van der Waals surface area contributed by atoms with Gasteiger partial charge in [0.1, 0.15) is 0 Å². The molecule has 0 aromatic heterocycles. The molecule has 0 aliphatic carbocycles. The van der Waals surface area contributed by atoms with E-state index in [1.165, 1.54) is 24.3 Å². The van der Waals surface area contributed by atoms with Crippen LogP contribution in [0.4, 0.5) is 35.1 Å². The molecule has 0 amide bonds. The summed E-state index contributed by atoms with van der Waals surface area (Å²) >= 11 is 6.34. The highest BCUT2D eigenvalue weighted by molar-refractivity contribution is 9.10. The second-order valence-corrected chi connectivity index (χ2v) is 19.6. The Kier molecular flexibility index (Phi) is 11.2. The standard InChI is InChI=1S/C28H18Br2F8N2O8S4/c29-21-9-1-17(2-10-21)19-5-13-23(14-6-19)49(41,42)39-51(45,46)27(35,36)25(31,32)26(33,34)28(37,38)52(47,48)40-50(43,44)24-15-7-20(8-16-24)18-3-11-22(30)12-4-18/h1-16,39-40H. The van der Waals surface area contributed by atoms with Gasteiger partial charge in [0.15, 0.2) is 0 Å². The fourth-order valence-electron chi connectivity index (χ4n) is 4.13. The Morgan fingerprint density at radius 1 is 0.385 bits per heavy atom. The van der Waals surface area contributed by atoms with Crippen LogP contribution in [0.2, 0.25) is 0 Å². The summed E-state index contributed by atoms with van der Waals surface area (Å²) < 4.78 is 218. The van der Waals surface area contributed by atoms with Crippen LogP contribution in [-0.2, 0) is 40.1 Å². The molecule has 0 unspecified atom stereocenters. The molecule has 4 rings (SSSR count). The first kappa shape index (κ1) is 41.8. The van der Waals surface area contributed by atoms with E-state index in [1.54, 1.807) is 24.3 Å². The molecule has 4 aromatic rings. The van der Waals surface area contributed by atoms with E-state index in [4.69, 9.17) is 0 Å². The molecule has 4 aromatic carbocycles. The first-order valence-electron chi connectivity index (χ1n) is 13.4. The lowest BCUT2D eigenvalue weighted by Crippen LogP contribution is -2.68. The Bertz CT molecular complexity index is 2250. The van der Waals surface area contributed by atoms with Crippen molar-refractivity contribution in [2.24, 2.45) is 0 Å². The molecule has 10 nitrogen and oxygen atoms in total. The number of sulfonamides is 4. The van der Waals surface area contributed by atoms with Crippen LogP contribution in [0.25, 0.3) is 22.3 Å². The minimum absolute atomic E-state index is 0.0698. The molecule has 24 heteroatoms. The fourth-order valence-corrected chi connectivity index (χ4v) is 10.5. The van der Waals surface area contributed by atoms with Gasteiger partial charge in [0.25, 0.3) is 40.1 Å². The number of hydrogen-bond donors (Lipinski definition) is 2. The Morgan fingerprint density at radius 3 is 0.827 bits per heavy atom. The van der Waals surface area contributed by atoms with Crippen LogP contribution in [0.15, 0.2) is 116 Å².